The molecule has 1 heterocycles. The molecule has 8 heteroatoms. The van der Waals surface area contributed by atoms with Gasteiger partial charge in [0.25, 0.3) is 0 Å². The third-order valence-corrected chi connectivity index (χ3v) is 2.99. The van der Waals surface area contributed by atoms with Gasteiger partial charge in [0.05, 0.1) is 25.7 Å². The molecule has 118 valence electrons. The van der Waals surface area contributed by atoms with Crippen molar-refractivity contribution in [2.75, 3.05) is 7.11 Å². The Hall–Kier alpha value is -2.64. The topological polar surface area (TPSA) is 99.4 Å². The van der Waals surface area contributed by atoms with Crippen molar-refractivity contribution in [3.05, 3.63) is 30.1 Å². The molecule has 0 saturated carbocycles. The second kappa shape index (κ2) is 6.88. The molecule has 0 spiro atoms. The zero-order chi connectivity index (χ0) is 16.1. The normalized spacial score (nSPS) is 12.2. The molecular weight excluding hydrogens is 288 g/mol. The molecule has 0 amide bonds. The van der Waals surface area contributed by atoms with E-state index in [1.165, 1.54) is 18.1 Å². The van der Waals surface area contributed by atoms with Crippen molar-refractivity contribution in [2.24, 2.45) is 0 Å². The third kappa shape index (κ3) is 3.72. The molecule has 0 aliphatic rings. The van der Waals surface area contributed by atoms with Gasteiger partial charge in [0.2, 0.25) is 0 Å². The van der Waals surface area contributed by atoms with Crippen LogP contribution in [0.4, 0.5) is 0 Å². The Bertz CT molecular complexity index is 628. The van der Waals surface area contributed by atoms with Crippen LogP contribution in [-0.2, 0) is 4.79 Å². The highest BCUT2D eigenvalue weighted by Crippen LogP contribution is 2.33. The van der Waals surface area contributed by atoms with Crippen LogP contribution in [0.15, 0.2) is 24.5 Å². The van der Waals surface area contributed by atoms with Gasteiger partial charge in [0.15, 0.2) is 11.5 Å². The Labute approximate surface area is 127 Å². The van der Waals surface area contributed by atoms with E-state index in [0.29, 0.717) is 11.5 Å². The number of hydrogen-bond acceptors (Lipinski definition) is 6. The van der Waals surface area contributed by atoms with Crippen LogP contribution in [0.3, 0.4) is 0 Å². The van der Waals surface area contributed by atoms with Gasteiger partial charge in [-0.1, -0.05) is 6.07 Å². The van der Waals surface area contributed by atoms with Crippen LogP contribution in [0, 0.1) is 0 Å². The van der Waals surface area contributed by atoms with Crippen LogP contribution in [-0.4, -0.2) is 44.5 Å². The van der Waals surface area contributed by atoms with E-state index in [0.717, 1.165) is 5.56 Å². The second-order valence-electron chi connectivity index (χ2n) is 4.98. The molecule has 1 aromatic carbocycles. The van der Waals surface area contributed by atoms with E-state index in [-0.39, 0.29) is 12.5 Å². The molecule has 0 aliphatic heterocycles. The standard InChI is InChI=1S/C14H18N4O4/c1-9(2)22-12-5-4-10(6-13(12)21-3)11(7-14(19)20)18-8-15-16-17-18/h4-6,8-9,11H,7H2,1-3H3,(H,19,20)/t11-/m0/s1. The largest absolute Gasteiger partial charge is 0.493 e. The first-order valence-electron chi connectivity index (χ1n) is 6.80. The molecule has 1 N–H and O–H groups in total. The highest BCUT2D eigenvalue weighted by molar-refractivity contribution is 5.68. The zero-order valence-corrected chi connectivity index (χ0v) is 12.6. The van der Waals surface area contributed by atoms with Crippen LogP contribution >= 0.6 is 0 Å². The average molecular weight is 306 g/mol. The summed E-state index contributed by atoms with van der Waals surface area (Å²) >= 11 is 0. The summed E-state index contributed by atoms with van der Waals surface area (Å²) in [6, 6.07) is 4.77. The summed E-state index contributed by atoms with van der Waals surface area (Å²) in [4.78, 5) is 11.1. The summed E-state index contributed by atoms with van der Waals surface area (Å²) in [5, 5.41) is 20.0. The number of ether oxygens (including phenoxy) is 2. The van der Waals surface area contributed by atoms with E-state index >= 15 is 0 Å². The number of hydrogen-bond donors (Lipinski definition) is 1. The maximum Gasteiger partial charge on any atom is 0.305 e. The molecular formula is C14H18N4O4. The molecule has 2 aromatic rings. The van der Waals surface area contributed by atoms with E-state index < -0.39 is 12.0 Å². The first-order chi connectivity index (χ1) is 10.5. The van der Waals surface area contributed by atoms with Crippen molar-refractivity contribution in [3.8, 4) is 11.5 Å². The Morgan fingerprint density at radius 3 is 2.68 bits per heavy atom. The number of carboxylic acids is 1. The monoisotopic (exact) mass is 306 g/mol. The first kappa shape index (κ1) is 15.7. The predicted molar refractivity (Wildman–Crippen MR) is 77.0 cm³/mol. The molecule has 2 rings (SSSR count). The van der Waals surface area contributed by atoms with Crippen molar-refractivity contribution < 1.29 is 19.4 Å². The summed E-state index contributed by atoms with van der Waals surface area (Å²) in [5.74, 6) is 0.198. The highest BCUT2D eigenvalue weighted by atomic mass is 16.5. The van der Waals surface area contributed by atoms with Gasteiger partial charge in [0.1, 0.15) is 6.33 Å². The number of aliphatic carboxylic acids is 1. The lowest BCUT2D eigenvalue weighted by atomic mass is 10.0. The molecule has 0 radical (unpaired) electrons. The average Bonchev–Trinajstić information content (AvgIpc) is 2.98. The van der Waals surface area contributed by atoms with Crippen molar-refractivity contribution in [3.63, 3.8) is 0 Å². The number of tetrazole rings is 1. The number of nitrogens with zero attached hydrogens (tertiary/aromatic N) is 4. The fraction of sp³-hybridized carbons (Fsp3) is 0.429. The van der Waals surface area contributed by atoms with Gasteiger partial charge < -0.3 is 14.6 Å². The minimum absolute atomic E-state index is 0.00841. The Kier molecular flexibility index (Phi) is 4.92. The molecule has 8 nitrogen and oxygen atoms in total. The Morgan fingerprint density at radius 1 is 1.36 bits per heavy atom. The van der Waals surface area contributed by atoms with Crippen LogP contribution in [0.1, 0.15) is 31.9 Å². The maximum absolute atomic E-state index is 11.1. The molecule has 0 fully saturated rings. The highest BCUT2D eigenvalue weighted by Gasteiger charge is 2.21. The smallest absolute Gasteiger partial charge is 0.305 e. The molecule has 0 aliphatic carbocycles. The van der Waals surface area contributed by atoms with Gasteiger partial charge >= 0.3 is 5.97 Å². The summed E-state index contributed by atoms with van der Waals surface area (Å²) in [6.45, 7) is 3.84. The van der Waals surface area contributed by atoms with Gasteiger partial charge in [-0.25, -0.2) is 4.68 Å². The number of aromatic nitrogens is 4. The van der Waals surface area contributed by atoms with E-state index in [4.69, 9.17) is 14.6 Å². The van der Waals surface area contributed by atoms with Gasteiger partial charge in [-0.05, 0) is 42.0 Å². The van der Waals surface area contributed by atoms with Crippen molar-refractivity contribution in [1.29, 1.82) is 0 Å². The van der Waals surface area contributed by atoms with Crippen LogP contribution in [0.5, 0.6) is 11.5 Å². The van der Waals surface area contributed by atoms with E-state index in [1.54, 1.807) is 18.2 Å². The molecule has 1 aromatic heterocycles. The molecule has 22 heavy (non-hydrogen) atoms. The quantitative estimate of drug-likeness (QED) is 0.828. The first-order valence-corrected chi connectivity index (χ1v) is 6.80. The number of benzene rings is 1. The lowest BCUT2D eigenvalue weighted by molar-refractivity contribution is -0.137. The van der Waals surface area contributed by atoms with Crippen LogP contribution < -0.4 is 9.47 Å². The molecule has 0 unspecified atom stereocenters. The van der Waals surface area contributed by atoms with Gasteiger partial charge in [-0.3, -0.25) is 4.79 Å². The van der Waals surface area contributed by atoms with Gasteiger partial charge in [-0.15, -0.1) is 5.10 Å². The van der Waals surface area contributed by atoms with Crippen molar-refractivity contribution in [1.82, 2.24) is 20.2 Å². The fourth-order valence-electron chi connectivity index (χ4n) is 2.08. The van der Waals surface area contributed by atoms with Gasteiger partial charge in [-0.2, -0.15) is 0 Å². The number of carbonyl (C=O) groups is 1. The minimum Gasteiger partial charge on any atom is -0.493 e. The summed E-state index contributed by atoms with van der Waals surface area (Å²) < 4.78 is 12.4. The number of carboxylic acid groups (broad SMARTS) is 1. The van der Waals surface area contributed by atoms with Crippen LogP contribution in [0.2, 0.25) is 0 Å². The zero-order valence-electron chi connectivity index (χ0n) is 12.6. The minimum atomic E-state index is -0.943. The van der Waals surface area contributed by atoms with Crippen LogP contribution in [0.25, 0.3) is 0 Å². The Morgan fingerprint density at radius 2 is 2.14 bits per heavy atom. The lowest BCUT2D eigenvalue weighted by Crippen LogP contribution is -2.16. The van der Waals surface area contributed by atoms with Crippen molar-refractivity contribution >= 4 is 5.97 Å². The lowest BCUT2D eigenvalue weighted by Gasteiger charge is -2.18. The van der Waals surface area contributed by atoms with E-state index in [2.05, 4.69) is 15.5 Å². The third-order valence-electron chi connectivity index (χ3n) is 2.99. The van der Waals surface area contributed by atoms with Crippen molar-refractivity contribution in [2.45, 2.75) is 32.4 Å². The molecule has 1 atom stereocenters. The summed E-state index contributed by atoms with van der Waals surface area (Å²) in [5.41, 5.74) is 0.725. The van der Waals surface area contributed by atoms with E-state index in [1.807, 2.05) is 13.8 Å². The summed E-state index contributed by atoms with van der Waals surface area (Å²) in [7, 11) is 1.54. The van der Waals surface area contributed by atoms with E-state index in [9.17, 15) is 4.79 Å². The number of rotatable bonds is 7. The fourth-order valence-corrected chi connectivity index (χ4v) is 2.08. The molecule has 0 bridgehead atoms. The number of methoxy groups -OCH3 is 1. The predicted octanol–water partition coefficient (Wildman–Crippen LogP) is 1.53. The second-order valence-corrected chi connectivity index (χ2v) is 4.98. The Balaban J connectivity index is 2.37. The SMILES string of the molecule is COc1cc([C@H](CC(=O)O)n2cnnn2)ccc1OC(C)C. The summed E-state index contributed by atoms with van der Waals surface area (Å²) in [6.07, 6.45) is 1.26. The van der Waals surface area contributed by atoms with Gasteiger partial charge in [0, 0.05) is 0 Å². The maximum atomic E-state index is 11.1. The molecule has 0 saturated heterocycles.